The normalized spacial score (nSPS) is 16.1. The van der Waals surface area contributed by atoms with Crippen molar-refractivity contribution in [2.45, 2.75) is 13.1 Å². The maximum Gasteiger partial charge on any atom is 0.169 e. The fourth-order valence-electron chi connectivity index (χ4n) is 3.50. The number of hydrogen-bond donors (Lipinski definition) is 1. The van der Waals surface area contributed by atoms with Crippen molar-refractivity contribution in [1.29, 1.82) is 0 Å². The van der Waals surface area contributed by atoms with Crippen molar-refractivity contribution in [3.05, 3.63) is 59.0 Å². The summed E-state index contributed by atoms with van der Waals surface area (Å²) in [4.78, 5) is 9.59. The van der Waals surface area contributed by atoms with E-state index in [1.807, 2.05) is 12.1 Å². The minimum Gasteiger partial charge on any atom is -0.378 e. The number of benzene rings is 1. The molecular formula is C20H19F2N7O. The molecule has 0 aliphatic carbocycles. The summed E-state index contributed by atoms with van der Waals surface area (Å²) in [7, 11) is 0. The molecule has 2 aliphatic rings. The minimum atomic E-state index is -0.923. The Labute approximate surface area is 171 Å². The molecule has 1 N–H and O–H groups in total. The number of halogens is 2. The number of nitrogens with one attached hydrogen (secondary N) is 1. The van der Waals surface area contributed by atoms with Gasteiger partial charge >= 0.3 is 0 Å². The SMILES string of the molecule is Fc1cccc(-c2nc3c([nH]2)C=NN(Cc2ccc(N4CCOCC4)nn2)C3)c1F. The molecule has 2 aliphatic heterocycles. The second kappa shape index (κ2) is 7.79. The average molecular weight is 411 g/mol. The van der Waals surface area contributed by atoms with Crippen LogP contribution in [0.4, 0.5) is 14.6 Å². The van der Waals surface area contributed by atoms with E-state index in [2.05, 4.69) is 30.2 Å². The van der Waals surface area contributed by atoms with E-state index in [1.165, 1.54) is 12.1 Å². The zero-order chi connectivity index (χ0) is 20.5. The van der Waals surface area contributed by atoms with Crippen molar-refractivity contribution in [2.24, 2.45) is 5.10 Å². The Morgan fingerprint density at radius 3 is 2.73 bits per heavy atom. The molecule has 0 spiro atoms. The third kappa shape index (κ3) is 3.61. The highest BCUT2D eigenvalue weighted by Crippen LogP contribution is 2.25. The number of aromatic nitrogens is 4. The fourth-order valence-corrected chi connectivity index (χ4v) is 3.50. The first-order valence-corrected chi connectivity index (χ1v) is 9.65. The summed E-state index contributed by atoms with van der Waals surface area (Å²) in [5.74, 6) is -0.718. The number of rotatable bonds is 4. The fraction of sp³-hybridized carbons (Fsp3) is 0.300. The van der Waals surface area contributed by atoms with E-state index in [-0.39, 0.29) is 11.4 Å². The largest absolute Gasteiger partial charge is 0.378 e. The lowest BCUT2D eigenvalue weighted by Crippen LogP contribution is -2.36. The molecule has 1 saturated heterocycles. The van der Waals surface area contributed by atoms with E-state index in [0.717, 1.165) is 30.7 Å². The molecule has 1 fully saturated rings. The molecule has 0 saturated carbocycles. The molecule has 0 bridgehead atoms. The van der Waals surface area contributed by atoms with Gasteiger partial charge in [-0.3, -0.25) is 5.01 Å². The molecule has 0 amide bonds. The number of nitrogens with zero attached hydrogens (tertiary/aromatic N) is 6. The van der Waals surface area contributed by atoms with E-state index < -0.39 is 11.6 Å². The first-order valence-electron chi connectivity index (χ1n) is 9.65. The quantitative estimate of drug-likeness (QED) is 0.710. The molecule has 1 aromatic carbocycles. The second-order valence-electron chi connectivity index (χ2n) is 7.10. The van der Waals surface area contributed by atoms with Crippen LogP contribution in [-0.2, 0) is 17.8 Å². The summed E-state index contributed by atoms with van der Waals surface area (Å²) in [5, 5.41) is 14.8. The smallest absolute Gasteiger partial charge is 0.169 e. The van der Waals surface area contributed by atoms with E-state index in [9.17, 15) is 8.78 Å². The summed E-state index contributed by atoms with van der Waals surface area (Å²) < 4.78 is 33.0. The van der Waals surface area contributed by atoms with Gasteiger partial charge in [0.1, 0.15) is 5.82 Å². The molecule has 154 valence electrons. The lowest BCUT2D eigenvalue weighted by Gasteiger charge is -2.27. The lowest BCUT2D eigenvalue weighted by molar-refractivity contribution is 0.122. The monoisotopic (exact) mass is 411 g/mol. The zero-order valence-corrected chi connectivity index (χ0v) is 16.1. The molecule has 0 atom stereocenters. The van der Waals surface area contributed by atoms with Crippen molar-refractivity contribution in [3.63, 3.8) is 0 Å². The average Bonchev–Trinajstić information content (AvgIpc) is 3.20. The number of hydrazone groups is 1. The molecule has 10 heteroatoms. The van der Waals surface area contributed by atoms with Gasteiger partial charge in [0.05, 0.1) is 55.2 Å². The predicted octanol–water partition coefficient (Wildman–Crippen LogP) is 2.33. The number of imidazole rings is 1. The van der Waals surface area contributed by atoms with Crippen LogP contribution >= 0.6 is 0 Å². The zero-order valence-electron chi connectivity index (χ0n) is 16.1. The van der Waals surface area contributed by atoms with Gasteiger partial charge in [-0.15, -0.1) is 5.10 Å². The Balaban J connectivity index is 1.28. The Bertz CT molecular complexity index is 1080. The third-order valence-electron chi connectivity index (χ3n) is 5.09. The minimum absolute atomic E-state index is 0.0916. The van der Waals surface area contributed by atoms with Gasteiger partial charge in [0.2, 0.25) is 0 Å². The summed E-state index contributed by atoms with van der Waals surface area (Å²) in [6.07, 6.45) is 1.63. The Hall–Kier alpha value is -3.40. The van der Waals surface area contributed by atoms with Crippen LogP contribution in [0, 0.1) is 11.6 Å². The van der Waals surface area contributed by atoms with Gasteiger partial charge in [-0.05, 0) is 24.3 Å². The van der Waals surface area contributed by atoms with Crippen LogP contribution in [0.25, 0.3) is 11.4 Å². The van der Waals surface area contributed by atoms with Crippen LogP contribution in [0.1, 0.15) is 17.1 Å². The van der Waals surface area contributed by atoms with E-state index in [4.69, 9.17) is 4.74 Å². The van der Waals surface area contributed by atoms with Crippen molar-refractivity contribution in [3.8, 4) is 11.4 Å². The maximum absolute atomic E-state index is 14.1. The number of H-pyrrole nitrogens is 1. The van der Waals surface area contributed by atoms with E-state index >= 15 is 0 Å². The number of anilines is 1. The topological polar surface area (TPSA) is 82.5 Å². The molecule has 0 radical (unpaired) electrons. The van der Waals surface area contributed by atoms with E-state index in [1.54, 1.807) is 11.2 Å². The molecule has 2 aromatic heterocycles. The van der Waals surface area contributed by atoms with E-state index in [0.29, 0.717) is 37.7 Å². The summed E-state index contributed by atoms with van der Waals surface area (Å²) in [6, 6.07) is 7.90. The van der Waals surface area contributed by atoms with Crippen LogP contribution in [0.15, 0.2) is 35.4 Å². The first-order chi connectivity index (χ1) is 14.7. The summed E-state index contributed by atoms with van der Waals surface area (Å²) in [5.41, 5.74) is 2.26. The van der Waals surface area contributed by atoms with Crippen molar-refractivity contribution in [1.82, 2.24) is 25.2 Å². The molecule has 4 heterocycles. The molecule has 3 aromatic rings. The van der Waals surface area contributed by atoms with Gasteiger partial charge in [-0.2, -0.15) is 10.2 Å². The highest BCUT2D eigenvalue weighted by Gasteiger charge is 2.20. The number of morpholine rings is 1. The molecular weight excluding hydrogens is 392 g/mol. The van der Waals surface area contributed by atoms with Crippen LogP contribution in [0.2, 0.25) is 0 Å². The Kier molecular flexibility index (Phi) is 4.83. The van der Waals surface area contributed by atoms with Crippen molar-refractivity contribution in [2.75, 3.05) is 31.2 Å². The number of hydrogen-bond acceptors (Lipinski definition) is 7. The van der Waals surface area contributed by atoms with Crippen LogP contribution in [-0.4, -0.2) is 57.7 Å². The Morgan fingerprint density at radius 1 is 1.07 bits per heavy atom. The first kappa shape index (κ1) is 18.6. The van der Waals surface area contributed by atoms with Crippen molar-refractivity contribution >= 4 is 12.0 Å². The number of fused-ring (bicyclic) bond motifs is 1. The standard InChI is InChI=1S/C20H19F2N7O/c21-15-3-1-2-14(19(15)22)20-24-16-10-23-29(12-17(16)25-20)11-13-4-5-18(27-26-13)28-6-8-30-9-7-28/h1-5,10H,6-9,11-12H2,(H,24,25). The number of ether oxygens (including phenoxy) is 1. The predicted molar refractivity (Wildman–Crippen MR) is 106 cm³/mol. The van der Waals surface area contributed by atoms with Gasteiger partial charge in [-0.1, -0.05) is 6.07 Å². The molecule has 8 nitrogen and oxygen atoms in total. The van der Waals surface area contributed by atoms with Gasteiger partial charge < -0.3 is 14.6 Å². The van der Waals surface area contributed by atoms with Crippen molar-refractivity contribution < 1.29 is 13.5 Å². The van der Waals surface area contributed by atoms with Gasteiger partial charge in [0, 0.05) is 13.1 Å². The summed E-state index contributed by atoms with van der Waals surface area (Å²) in [6.45, 7) is 3.88. The second-order valence-corrected chi connectivity index (χ2v) is 7.10. The number of aromatic amines is 1. The van der Waals surface area contributed by atoms with Crippen LogP contribution in [0.3, 0.4) is 0 Å². The highest BCUT2D eigenvalue weighted by molar-refractivity contribution is 5.80. The van der Waals surface area contributed by atoms with Gasteiger partial charge in [0.25, 0.3) is 0 Å². The highest BCUT2D eigenvalue weighted by atomic mass is 19.2. The van der Waals surface area contributed by atoms with Gasteiger partial charge in [-0.25, -0.2) is 13.8 Å². The maximum atomic E-state index is 14.1. The Morgan fingerprint density at radius 2 is 1.93 bits per heavy atom. The van der Waals surface area contributed by atoms with Crippen LogP contribution < -0.4 is 4.90 Å². The lowest BCUT2D eigenvalue weighted by atomic mass is 10.2. The molecule has 0 unspecified atom stereocenters. The summed E-state index contributed by atoms with van der Waals surface area (Å²) >= 11 is 0. The molecule has 30 heavy (non-hydrogen) atoms. The van der Waals surface area contributed by atoms with Gasteiger partial charge in [0.15, 0.2) is 17.5 Å². The third-order valence-corrected chi connectivity index (χ3v) is 5.09. The molecule has 5 rings (SSSR count). The van der Waals surface area contributed by atoms with Crippen LogP contribution in [0.5, 0.6) is 0 Å².